The molecule has 0 amide bonds. The Morgan fingerprint density at radius 3 is 2.07 bits per heavy atom. The van der Waals surface area contributed by atoms with Gasteiger partial charge in [0.2, 0.25) is 0 Å². The molecule has 5 nitrogen and oxygen atoms in total. The minimum Gasteiger partial charge on any atom is -0.508 e. The van der Waals surface area contributed by atoms with Crippen LogP contribution in [0.4, 0.5) is 0 Å². The maximum atomic E-state index is 11.5. The number of aromatic hydroxyl groups is 1. The molecule has 2 N–H and O–H groups in total. The van der Waals surface area contributed by atoms with E-state index in [1.807, 2.05) is 0 Å². The highest BCUT2D eigenvalue weighted by molar-refractivity contribution is 7.86. The van der Waals surface area contributed by atoms with Gasteiger partial charge in [0.05, 0.1) is 0 Å². The van der Waals surface area contributed by atoms with E-state index in [0.29, 0.717) is 5.75 Å². The van der Waals surface area contributed by atoms with Crippen LogP contribution in [-0.2, 0) is 16.5 Å². The molecule has 0 unspecified atom stereocenters. The van der Waals surface area contributed by atoms with E-state index in [1.54, 1.807) is 18.2 Å². The Morgan fingerprint density at radius 1 is 0.833 bits per heavy atom. The molecule has 0 aromatic heterocycles. The summed E-state index contributed by atoms with van der Waals surface area (Å²) in [7, 11) is -4.39. The summed E-state index contributed by atoms with van der Waals surface area (Å²) in [5.74, 6) is 0.433. The summed E-state index contributed by atoms with van der Waals surface area (Å²) < 4.78 is 38.1. The van der Waals surface area contributed by atoms with Crippen LogP contribution in [0, 0.1) is 0 Å². The molecule has 0 saturated carbocycles. The van der Waals surface area contributed by atoms with Crippen molar-refractivity contribution >= 4 is 10.1 Å². The van der Waals surface area contributed by atoms with Crippen LogP contribution in [0.3, 0.4) is 0 Å². The van der Waals surface area contributed by atoms with Crippen LogP contribution in [0.2, 0.25) is 0 Å². The summed E-state index contributed by atoms with van der Waals surface area (Å²) in [6.07, 6.45) is 13.5. The van der Waals surface area contributed by atoms with E-state index in [4.69, 9.17) is 4.74 Å². The Kier molecular flexibility index (Phi) is 10.2. The van der Waals surface area contributed by atoms with E-state index >= 15 is 0 Å². The topological polar surface area (TPSA) is 83.8 Å². The van der Waals surface area contributed by atoms with Crippen LogP contribution in [0.5, 0.6) is 17.2 Å². The Hall–Kier alpha value is -2.05. The van der Waals surface area contributed by atoms with Crippen LogP contribution in [0.15, 0.2) is 47.4 Å². The van der Waals surface area contributed by atoms with Crippen molar-refractivity contribution in [2.24, 2.45) is 0 Å². The number of hydrogen-bond acceptors (Lipinski definition) is 4. The minimum atomic E-state index is -4.39. The van der Waals surface area contributed by atoms with Crippen molar-refractivity contribution in [3.8, 4) is 17.2 Å². The van der Waals surface area contributed by atoms with Gasteiger partial charge < -0.3 is 9.84 Å². The zero-order valence-electron chi connectivity index (χ0n) is 17.8. The Morgan fingerprint density at radius 2 is 1.43 bits per heavy atom. The maximum absolute atomic E-state index is 11.5. The van der Waals surface area contributed by atoms with Gasteiger partial charge in [-0.05, 0) is 42.7 Å². The van der Waals surface area contributed by atoms with Crippen LogP contribution in [0.25, 0.3) is 0 Å². The molecule has 30 heavy (non-hydrogen) atoms. The van der Waals surface area contributed by atoms with E-state index in [9.17, 15) is 18.1 Å². The van der Waals surface area contributed by atoms with Crippen molar-refractivity contribution in [1.29, 1.82) is 0 Å². The number of phenols is 1. The fraction of sp³-hybridized carbons (Fsp3) is 0.500. The van der Waals surface area contributed by atoms with Gasteiger partial charge in [0.15, 0.2) is 0 Å². The van der Waals surface area contributed by atoms with E-state index < -0.39 is 10.1 Å². The standard InChI is InChI=1S/C24H34O5S/c1-2-3-4-5-6-7-8-9-10-11-14-20-17-21(25)19-22(18-20)29-23-15-12-13-16-24(23)30(26,27)28/h12-13,15-19,25H,2-11,14H2,1H3,(H,26,27,28). The average molecular weight is 435 g/mol. The second kappa shape index (κ2) is 12.6. The second-order valence-corrected chi connectivity index (χ2v) is 9.18. The van der Waals surface area contributed by atoms with Gasteiger partial charge in [0.25, 0.3) is 10.1 Å². The molecule has 0 heterocycles. The molecule has 2 rings (SSSR count). The molecule has 0 aliphatic rings. The lowest BCUT2D eigenvalue weighted by Gasteiger charge is -2.11. The first-order valence-corrected chi connectivity index (χ1v) is 12.4. The summed E-state index contributed by atoms with van der Waals surface area (Å²) >= 11 is 0. The number of aryl methyl sites for hydroxylation is 1. The summed E-state index contributed by atoms with van der Waals surface area (Å²) in [4.78, 5) is -0.301. The van der Waals surface area contributed by atoms with Gasteiger partial charge in [-0.25, -0.2) is 0 Å². The largest absolute Gasteiger partial charge is 0.508 e. The quantitative estimate of drug-likeness (QED) is 0.250. The second-order valence-electron chi connectivity index (χ2n) is 7.79. The molecular formula is C24H34O5S. The molecule has 0 saturated heterocycles. The molecule has 0 fully saturated rings. The zero-order valence-corrected chi connectivity index (χ0v) is 18.7. The average Bonchev–Trinajstić information content (AvgIpc) is 2.68. The van der Waals surface area contributed by atoms with Crippen molar-refractivity contribution in [2.45, 2.75) is 82.4 Å². The number of ether oxygens (including phenoxy) is 1. The highest BCUT2D eigenvalue weighted by atomic mass is 32.2. The van der Waals surface area contributed by atoms with Crippen molar-refractivity contribution in [3.05, 3.63) is 48.0 Å². The predicted octanol–water partition coefficient (Wildman–Crippen LogP) is 6.89. The molecular weight excluding hydrogens is 400 g/mol. The van der Waals surface area contributed by atoms with Crippen molar-refractivity contribution in [1.82, 2.24) is 0 Å². The molecule has 2 aromatic carbocycles. The van der Waals surface area contributed by atoms with Crippen molar-refractivity contribution in [3.63, 3.8) is 0 Å². The zero-order chi connectivity index (χ0) is 21.8. The number of unbranched alkanes of at least 4 members (excludes halogenated alkanes) is 9. The SMILES string of the molecule is CCCCCCCCCCCCc1cc(O)cc(Oc2ccccc2S(=O)(=O)O)c1. The molecule has 0 spiro atoms. The Labute approximate surface area is 180 Å². The van der Waals surface area contributed by atoms with E-state index in [-0.39, 0.29) is 16.4 Å². The number of para-hydroxylation sites is 1. The molecule has 0 aliphatic carbocycles. The summed E-state index contributed by atoms with van der Waals surface area (Å²) in [6, 6.07) is 10.8. The van der Waals surface area contributed by atoms with Crippen molar-refractivity contribution in [2.75, 3.05) is 0 Å². The fourth-order valence-electron chi connectivity index (χ4n) is 3.54. The van der Waals surface area contributed by atoms with Gasteiger partial charge in [0.1, 0.15) is 22.1 Å². The molecule has 0 bridgehead atoms. The number of rotatable bonds is 14. The Balaban J connectivity index is 1.82. The third kappa shape index (κ3) is 8.76. The lowest BCUT2D eigenvalue weighted by molar-refractivity contribution is 0.439. The summed E-state index contributed by atoms with van der Waals surface area (Å²) in [6.45, 7) is 2.24. The van der Waals surface area contributed by atoms with E-state index in [0.717, 1.165) is 24.8 Å². The van der Waals surface area contributed by atoms with Gasteiger partial charge >= 0.3 is 0 Å². The highest BCUT2D eigenvalue weighted by Gasteiger charge is 2.16. The smallest absolute Gasteiger partial charge is 0.298 e. The van der Waals surface area contributed by atoms with Gasteiger partial charge in [0, 0.05) is 6.07 Å². The maximum Gasteiger partial charge on any atom is 0.298 e. The van der Waals surface area contributed by atoms with Gasteiger partial charge in [-0.3, -0.25) is 4.55 Å². The van der Waals surface area contributed by atoms with Gasteiger partial charge in [-0.2, -0.15) is 8.42 Å². The molecule has 0 aliphatic heterocycles. The number of benzene rings is 2. The summed E-state index contributed by atoms with van der Waals surface area (Å²) in [5, 5.41) is 10.0. The lowest BCUT2D eigenvalue weighted by atomic mass is 10.0. The predicted molar refractivity (Wildman–Crippen MR) is 120 cm³/mol. The monoisotopic (exact) mass is 434 g/mol. The normalized spacial score (nSPS) is 11.5. The Bertz CT molecular complexity index is 877. The first-order valence-electron chi connectivity index (χ1n) is 11.0. The fourth-order valence-corrected chi connectivity index (χ4v) is 4.15. The number of hydrogen-bond donors (Lipinski definition) is 2. The van der Waals surface area contributed by atoms with E-state index in [1.165, 1.54) is 75.6 Å². The first kappa shape index (κ1) is 24.2. The highest BCUT2D eigenvalue weighted by Crippen LogP contribution is 2.31. The third-order valence-corrected chi connectivity index (χ3v) is 6.02. The van der Waals surface area contributed by atoms with Crippen LogP contribution in [-0.4, -0.2) is 18.1 Å². The van der Waals surface area contributed by atoms with Gasteiger partial charge in [-0.15, -0.1) is 0 Å². The van der Waals surface area contributed by atoms with Crippen LogP contribution < -0.4 is 4.74 Å². The van der Waals surface area contributed by atoms with Crippen molar-refractivity contribution < 1.29 is 22.8 Å². The van der Waals surface area contributed by atoms with E-state index in [2.05, 4.69) is 6.92 Å². The molecule has 166 valence electrons. The number of phenolic OH excluding ortho intramolecular Hbond substituents is 1. The molecule has 2 aromatic rings. The summed E-state index contributed by atoms with van der Waals surface area (Å²) in [5.41, 5.74) is 0.939. The molecule has 0 atom stereocenters. The van der Waals surface area contributed by atoms with Gasteiger partial charge in [-0.1, -0.05) is 76.8 Å². The lowest BCUT2D eigenvalue weighted by Crippen LogP contribution is -2.01. The molecule has 6 heteroatoms. The first-order chi connectivity index (χ1) is 14.4. The third-order valence-electron chi connectivity index (χ3n) is 5.12. The van der Waals surface area contributed by atoms with Crippen LogP contribution >= 0.6 is 0 Å². The van der Waals surface area contributed by atoms with Crippen LogP contribution in [0.1, 0.15) is 76.7 Å². The minimum absolute atomic E-state index is 0.0236. The molecule has 0 radical (unpaired) electrons.